The molecular formula is C20H30N2O. The van der Waals surface area contributed by atoms with E-state index >= 15 is 0 Å². The molecule has 1 aliphatic carbocycles. The minimum Gasteiger partial charge on any atom is -0.350 e. The third-order valence-electron chi connectivity index (χ3n) is 5.63. The number of carbonyl (C=O) groups excluding carboxylic acids is 1. The minimum absolute atomic E-state index is 0.0764. The van der Waals surface area contributed by atoms with Gasteiger partial charge in [0.25, 0.3) is 0 Å². The first-order valence-electron chi connectivity index (χ1n) is 9.09. The third kappa shape index (κ3) is 3.45. The van der Waals surface area contributed by atoms with E-state index in [0.717, 1.165) is 12.3 Å². The van der Waals surface area contributed by atoms with Gasteiger partial charge in [-0.15, -0.1) is 0 Å². The summed E-state index contributed by atoms with van der Waals surface area (Å²) in [5.41, 5.74) is 3.18. The quantitative estimate of drug-likeness (QED) is 0.923. The van der Waals surface area contributed by atoms with Crippen LogP contribution in [0, 0.1) is 5.92 Å². The van der Waals surface area contributed by atoms with Crippen LogP contribution in [0.2, 0.25) is 0 Å². The second-order valence-electron chi connectivity index (χ2n) is 7.85. The minimum atomic E-state index is 0.0764. The van der Waals surface area contributed by atoms with Crippen LogP contribution in [0.25, 0.3) is 0 Å². The number of benzene rings is 1. The summed E-state index contributed by atoms with van der Waals surface area (Å²) < 4.78 is 0. The smallest absolute Gasteiger partial charge is 0.217 e. The molecule has 1 heterocycles. The van der Waals surface area contributed by atoms with Gasteiger partial charge >= 0.3 is 0 Å². The van der Waals surface area contributed by atoms with E-state index in [1.165, 1.54) is 50.0 Å². The molecule has 1 amide bonds. The SMILES string of the molecule is CC(=O)N[C@H]1CCC2(CCN(CC(C)C)CC2)c2ccccc21. The highest BCUT2D eigenvalue weighted by Gasteiger charge is 2.41. The van der Waals surface area contributed by atoms with Crippen LogP contribution >= 0.6 is 0 Å². The number of hydrogen-bond acceptors (Lipinski definition) is 2. The number of carbonyl (C=O) groups is 1. The molecule has 126 valence electrons. The zero-order valence-electron chi connectivity index (χ0n) is 14.8. The summed E-state index contributed by atoms with van der Waals surface area (Å²) in [7, 11) is 0. The van der Waals surface area contributed by atoms with E-state index < -0.39 is 0 Å². The Morgan fingerprint density at radius 1 is 1.26 bits per heavy atom. The van der Waals surface area contributed by atoms with Crippen molar-refractivity contribution in [3.63, 3.8) is 0 Å². The fourth-order valence-corrected chi connectivity index (χ4v) is 4.59. The highest BCUT2D eigenvalue weighted by atomic mass is 16.1. The lowest BCUT2D eigenvalue weighted by atomic mass is 9.63. The Hall–Kier alpha value is -1.35. The predicted molar refractivity (Wildman–Crippen MR) is 94.4 cm³/mol. The van der Waals surface area contributed by atoms with Gasteiger partial charge < -0.3 is 10.2 Å². The van der Waals surface area contributed by atoms with Gasteiger partial charge in [-0.1, -0.05) is 38.1 Å². The molecule has 1 atom stereocenters. The molecule has 0 aromatic heterocycles. The second kappa shape index (κ2) is 6.64. The van der Waals surface area contributed by atoms with Gasteiger partial charge in [0, 0.05) is 13.5 Å². The van der Waals surface area contributed by atoms with E-state index in [0.29, 0.717) is 5.41 Å². The maximum atomic E-state index is 11.5. The summed E-state index contributed by atoms with van der Waals surface area (Å²) >= 11 is 0. The van der Waals surface area contributed by atoms with Gasteiger partial charge in [0.2, 0.25) is 5.91 Å². The first-order chi connectivity index (χ1) is 11.0. The highest BCUT2D eigenvalue weighted by molar-refractivity contribution is 5.73. The summed E-state index contributed by atoms with van der Waals surface area (Å²) in [5.74, 6) is 0.819. The molecular weight excluding hydrogens is 284 g/mol. The molecule has 1 N–H and O–H groups in total. The largest absolute Gasteiger partial charge is 0.350 e. The molecule has 1 aliphatic heterocycles. The molecule has 2 aliphatic rings. The van der Waals surface area contributed by atoms with E-state index in [1.807, 2.05) is 0 Å². The Bertz CT molecular complexity index is 559. The van der Waals surface area contributed by atoms with Crippen LogP contribution < -0.4 is 5.32 Å². The molecule has 0 unspecified atom stereocenters. The second-order valence-corrected chi connectivity index (χ2v) is 7.85. The van der Waals surface area contributed by atoms with Gasteiger partial charge in [0.15, 0.2) is 0 Å². The number of rotatable bonds is 3. The van der Waals surface area contributed by atoms with Gasteiger partial charge in [0.05, 0.1) is 6.04 Å². The van der Waals surface area contributed by atoms with Crippen molar-refractivity contribution in [1.82, 2.24) is 10.2 Å². The lowest BCUT2D eigenvalue weighted by Gasteiger charge is -2.47. The number of likely N-dealkylation sites (tertiary alicyclic amines) is 1. The molecule has 3 heteroatoms. The fourth-order valence-electron chi connectivity index (χ4n) is 4.59. The van der Waals surface area contributed by atoms with Crippen LogP contribution in [0.3, 0.4) is 0 Å². The maximum Gasteiger partial charge on any atom is 0.217 e. The van der Waals surface area contributed by atoms with Crippen molar-refractivity contribution in [3.8, 4) is 0 Å². The average Bonchev–Trinajstić information content (AvgIpc) is 2.52. The summed E-state index contributed by atoms with van der Waals surface area (Å²) in [5, 5.41) is 3.15. The van der Waals surface area contributed by atoms with E-state index in [-0.39, 0.29) is 11.9 Å². The number of amides is 1. The molecule has 3 rings (SSSR count). The van der Waals surface area contributed by atoms with Gasteiger partial charge in [-0.2, -0.15) is 0 Å². The Kier molecular flexibility index (Phi) is 4.77. The van der Waals surface area contributed by atoms with E-state index in [2.05, 4.69) is 48.3 Å². The van der Waals surface area contributed by atoms with Crippen molar-refractivity contribution >= 4 is 5.91 Å². The van der Waals surface area contributed by atoms with Crippen molar-refractivity contribution in [2.24, 2.45) is 5.92 Å². The molecule has 0 radical (unpaired) electrons. The van der Waals surface area contributed by atoms with E-state index in [9.17, 15) is 4.79 Å². The van der Waals surface area contributed by atoms with Crippen molar-refractivity contribution in [1.29, 1.82) is 0 Å². The number of hydrogen-bond donors (Lipinski definition) is 1. The van der Waals surface area contributed by atoms with Gasteiger partial charge in [-0.25, -0.2) is 0 Å². The molecule has 1 fully saturated rings. The van der Waals surface area contributed by atoms with Crippen LogP contribution in [0.15, 0.2) is 24.3 Å². The molecule has 3 nitrogen and oxygen atoms in total. The van der Waals surface area contributed by atoms with Crippen LogP contribution in [0.1, 0.15) is 63.6 Å². The van der Waals surface area contributed by atoms with Crippen molar-refractivity contribution in [2.75, 3.05) is 19.6 Å². The third-order valence-corrected chi connectivity index (χ3v) is 5.63. The molecule has 0 saturated carbocycles. The van der Waals surface area contributed by atoms with Gasteiger partial charge in [-0.3, -0.25) is 4.79 Å². The predicted octanol–water partition coefficient (Wildman–Crippen LogP) is 3.65. The fraction of sp³-hybridized carbons (Fsp3) is 0.650. The normalized spacial score (nSPS) is 23.7. The topological polar surface area (TPSA) is 32.3 Å². The van der Waals surface area contributed by atoms with E-state index in [4.69, 9.17) is 0 Å². The Labute approximate surface area is 140 Å². The zero-order chi connectivity index (χ0) is 16.4. The van der Waals surface area contributed by atoms with E-state index in [1.54, 1.807) is 6.92 Å². The first kappa shape index (κ1) is 16.5. The number of nitrogens with zero attached hydrogens (tertiary/aromatic N) is 1. The molecule has 1 aromatic rings. The number of fused-ring (bicyclic) bond motifs is 2. The molecule has 1 spiro atoms. The summed E-state index contributed by atoms with van der Waals surface area (Å²) in [6, 6.07) is 9.00. The Balaban J connectivity index is 1.80. The van der Waals surface area contributed by atoms with Crippen molar-refractivity contribution in [3.05, 3.63) is 35.4 Å². The van der Waals surface area contributed by atoms with Gasteiger partial charge in [0.1, 0.15) is 0 Å². The summed E-state index contributed by atoms with van der Waals surface area (Å²) in [4.78, 5) is 14.1. The van der Waals surface area contributed by atoms with Crippen LogP contribution in [0.5, 0.6) is 0 Å². The standard InChI is InChI=1S/C20H30N2O/c1-15(2)14-22-12-10-20(11-13-22)9-8-19(21-16(3)23)17-6-4-5-7-18(17)20/h4-7,15,19H,8-14H2,1-3H3,(H,21,23)/t19-/m0/s1. The van der Waals surface area contributed by atoms with Gasteiger partial charge in [-0.05, 0) is 61.2 Å². The van der Waals surface area contributed by atoms with Crippen LogP contribution in [-0.2, 0) is 10.2 Å². The maximum absolute atomic E-state index is 11.5. The molecule has 23 heavy (non-hydrogen) atoms. The Morgan fingerprint density at radius 2 is 1.96 bits per heavy atom. The molecule has 1 aromatic carbocycles. The molecule has 0 bridgehead atoms. The lowest BCUT2D eigenvalue weighted by Crippen LogP contribution is -2.46. The summed E-state index contributed by atoms with van der Waals surface area (Å²) in [6.07, 6.45) is 4.78. The van der Waals surface area contributed by atoms with Crippen molar-refractivity contribution in [2.45, 2.75) is 57.9 Å². The first-order valence-corrected chi connectivity index (χ1v) is 9.09. The summed E-state index contributed by atoms with van der Waals surface area (Å²) in [6.45, 7) is 9.86. The highest BCUT2D eigenvalue weighted by Crippen LogP contribution is 2.47. The Morgan fingerprint density at radius 3 is 2.61 bits per heavy atom. The van der Waals surface area contributed by atoms with Crippen molar-refractivity contribution < 1.29 is 4.79 Å². The number of nitrogens with one attached hydrogen (secondary N) is 1. The molecule has 1 saturated heterocycles. The zero-order valence-corrected chi connectivity index (χ0v) is 14.8. The van der Waals surface area contributed by atoms with Crippen LogP contribution in [-0.4, -0.2) is 30.4 Å². The average molecular weight is 314 g/mol. The lowest BCUT2D eigenvalue weighted by molar-refractivity contribution is -0.119. The number of piperidine rings is 1. The monoisotopic (exact) mass is 314 g/mol. The van der Waals surface area contributed by atoms with Crippen LogP contribution in [0.4, 0.5) is 0 Å².